The molecule has 1 aliphatic carbocycles. The van der Waals surface area contributed by atoms with E-state index in [9.17, 15) is 0 Å². The minimum atomic E-state index is 0.562. The molecule has 1 fully saturated rings. The zero-order valence-electron chi connectivity index (χ0n) is 9.61. The molecular formula is C11H16ClN3S. The second-order valence-corrected chi connectivity index (χ2v) is 5.82. The molecule has 0 atom stereocenters. The fraction of sp³-hybridized carbons (Fsp3) is 0.636. The summed E-state index contributed by atoms with van der Waals surface area (Å²) in [5, 5.41) is 1.58. The predicted octanol–water partition coefficient (Wildman–Crippen LogP) is 2.66. The highest BCUT2D eigenvalue weighted by molar-refractivity contribution is 7.99. The summed E-state index contributed by atoms with van der Waals surface area (Å²) >= 11 is 7.73. The molecule has 5 heteroatoms. The molecule has 1 saturated carbocycles. The molecule has 0 saturated heterocycles. The van der Waals surface area contributed by atoms with Gasteiger partial charge >= 0.3 is 0 Å². The van der Waals surface area contributed by atoms with Crippen LogP contribution in [-0.4, -0.2) is 41.3 Å². The first-order valence-corrected chi connectivity index (χ1v) is 6.83. The average molecular weight is 258 g/mol. The van der Waals surface area contributed by atoms with E-state index >= 15 is 0 Å². The minimum absolute atomic E-state index is 0.562. The molecule has 0 aromatic carbocycles. The van der Waals surface area contributed by atoms with Gasteiger partial charge in [-0.25, -0.2) is 9.97 Å². The molecule has 0 unspecified atom stereocenters. The number of hydrogen-bond donors (Lipinski definition) is 0. The van der Waals surface area contributed by atoms with Gasteiger partial charge in [-0.3, -0.25) is 0 Å². The Morgan fingerprint density at radius 2 is 2.19 bits per heavy atom. The molecule has 0 N–H and O–H groups in total. The van der Waals surface area contributed by atoms with Gasteiger partial charge in [-0.2, -0.15) is 0 Å². The molecule has 0 amide bonds. The maximum Gasteiger partial charge on any atom is 0.134 e. The Kier molecular flexibility index (Phi) is 4.05. The maximum absolute atomic E-state index is 5.99. The third-order valence-electron chi connectivity index (χ3n) is 2.42. The summed E-state index contributed by atoms with van der Waals surface area (Å²) in [6.07, 6.45) is 2.42. The van der Waals surface area contributed by atoms with Crippen molar-refractivity contribution >= 4 is 23.4 Å². The number of nitrogens with zero attached hydrogens (tertiary/aromatic N) is 3. The smallest absolute Gasteiger partial charge is 0.134 e. The molecule has 0 radical (unpaired) electrons. The molecule has 1 heterocycles. The van der Waals surface area contributed by atoms with Crippen molar-refractivity contribution in [2.24, 2.45) is 0 Å². The summed E-state index contributed by atoms with van der Waals surface area (Å²) in [4.78, 5) is 11.0. The van der Waals surface area contributed by atoms with Crippen LogP contribution in [0, 0.1) is 0 Å². The number of aromatic nitrogens is 2. The van der Waals surface area contributed by atoms with Crippen LogP contribution >= 0.6 is 23.4 Å². The summed E-state index contributed by atoms with van der Waals surface area (Å²) in [5.74, 6) is 2.52. The lowest BCUT2D eigenvalue weighted by molar-refractivity contribution is 0.437. The van der Waals surface area contributed by atoms with Crippen molar-refractivity contribution in [2.45, 2.75) is 23.8 Å². The number of thioether (sulfide) groups is 1. The Balaban J connectivity index is 1.97. The number of halogens is 1. The van der Waals surface area contributed by atoms with Crippen molar-refractivity contribution in [3.05, 3.63) is 17.0 Å². The first-order chi connectivity index (χ1) is 7.65. The summed E-state index contributed by atoms with van der Waals surface area (Å²) in [6.45, 7) is 1.05. The second kappa shape index (κ2) is 5.34. The van der Waals surface area contributed by atoms with Crippen LogP contribution in [0.2, 0.25) is 5.15 Å². The van der Waals surface area contributed by atoms with Crippen molar-refractivity contribution in [1.29, 1.82) is 0 Å². The second-order valence-electron chi connectivity index (χ2n) is 4.31. The zero-order chi connectivity index (χ0) is 11.5. The van der Waals surface area contributed by atoms with Crippen LogP contribution in [0.15, 0.2) is 11.1 Å². The predicted molar refractivity (Wildman–Crippen MR) is 68.3 cm³/mol. The standard InChI is InChI=1S/C11H16ClN3S/c1-15(2)5-6-16-10-7-9(12)13-11(14-10)8-3-4-8/h7-8H,3-6H2,1-2H3. The van der Waals surface area contributed by atoms with Crippen molar-refractivity contribution in [1.82, 2.24) is 14.9 Å². The monoisotopic (exact) mass is 257 g/mol. The first-order valence-electron chi connectivity index (χ1n) is 5.47. The quantitative estimate of drug-likeness (QED) is 0.599. The molecule has 1 aromatic rings. The Labute approximate surface area is 106 Å². The van der Waals surface area contributed by atoms with Gasteiger partial charge in [0.25, 0.3) is 0 Å². The van der Waals surface area contributed by atoms with Crippen molar-refractivity contribution in [2.75, 3.05) is 26.4 Å². The van der Waals surface area contributed by atoms with Crippen LogP contribution in [0.4, 0.5) is 0 Å². The normalized spacial score (nSPS) is 15.8. The molecule has 16 heavy (non-hydrogen) atoms. The van der Waals surface area contributed by atoms with Gasteiger partial charge in [0.2, 0.25) is 0 Å². The Morgan fingerprint density at radius 3 is 2.81 bits per heavy atom. The van der Waals surface area contributed by atoms with Gasteiger partial charge in [0.1, 0.15) is 16.0 Å². The van der Waals surface area contributed by atoms with E-state index in [1.165, 1.54) is 12.8 Å². The van der Waals surface area contributed by atoms with E-state index in [2.05, 4.69) is 29.0 Å². The van der Waals surface area contributed by atoms with Gasteiger partial charge in [-0.1, -0.05) is 11.6 Å². The van der Waals surface area contributed by atoms with Gasteiger partial charge in [-0.15, -0.1) is 11.8 Å². The van der Waals surface area contributed by atoms with E-state index in [1.807, 2.05) is 6.07 Å². The van der Waals surface area contributed by atoms with Gasteiger partial charge in [0, 0.05) is 24.3 Å². The SMILES string of the molecule is CN(C)CCSc1cc(Cl)nc(C2CC2)n1. The molecule has 2 rings (SSSR count). The molecule has 1 aromatic heterocycles. The molecule has 0 bridgehead atoms. The highest BCUT2D eigenvalue weighted by Gasteiger charge is 2.27. The van der Waals surface area contributed by atoms with Gasteiger partial charge in [0.15, 0.2) is 0 Å². The number of rotatable bonds is 5. The molecule has 0 spiro atoms. The lowest BCUT2D eigenvalue weighted by Crippen LogP contribution is -2.14. The van der Waals surface area contributed by atoms with Crippen molar-refractivity contribution < 1.29 is 0 Å². The highest BCUT2D eigenvalue weighted by Crippen LogP contribution is 2.39. The van der Waals surface area contributed by atoms with Gasteiger partial charge in [-0.05, 0) is 26.9 Å². The van der Waals surface area contributed by atoms with E-state index in [0.29, 0.717) is 11.1 Å². The maximum atomic E-state index is 5.99. The van der Waals surface area contributed by atoms with Crippen molar-refractivity contribution in [3.8, 4) is 0 Å². The molecule has 88 valence electrons. The van der Waals surface area contributed by atoms with Crippen LogP contribution in [-0.2, 0) is 0 Å². The lowest BCUT2D eigenvalue weighted by Gasteiger charge is -2.08. The fourth-order valence-corrected chi connectivity index (χ4v) is 2.62. The average Bonchev–Trinajstić information content (AvgIpc) is 2.99. The van der Waals surface area contributed by atoms with E-state index in [4.69, 9.17) is 11.6 Å². The van der Waals surface area contributed by atoms with Crippen LogP contribution < -0.4 is 0 Å². The van der Waals surface area contributed by atoms with Gasteiger partial charge in [0.05, 0.1) is 0 Å². The zero-order valence-corrected chi connectivity index (χ0v) is 11.2. The largest absolute Gasteiger partial charge is 0.309 e. The summed E-state index contributed by atoms with van der Waals surface area (Å²) in [6, 6.07) is 1.85. The van der Waals surface area contributed by atoms with Crippen LogP contribution in [0.5, 0.6) is 0 Å². The third kappa shape index (κ3) is 3.61. The third-order valence-corrected chi connectivity index (χ3v) is 3.50. The first kappa shape index (κ1) is 12.1. The highest BCUT2D eigenvalue weighted by atomic mass is 35.5. The molecule has 1 aliphatic rings. The molecule has 3 nitrogen and oxygen atoms in total. The Hall–Kier alpha value is -0.320. The summed E-state index contributed by atoms with van der Waals surface area (Å²) in [5.41, 5.74) is 0. The van der Waals surface area contributed by atoms with Crippen molar-refractivity contribution in [3.63, 3.8) is 0 Å². The summed E-state index contributed by atoms with van der Waals surface area (Å²) < 4.78 is 0. The molecular weight excluding hydrogens is 242 g/mol. The van der Waals surface area contributed by atoms with E-state index in [-0.39, 0.29) is 0 Å². The van der Waals surface area contributed by atoms with Gasteiger partial charge < -0.3 is 4.90 Å². The number of hydrogen-bond acceptors (Lipinski definition) is 4. The molecule has 0 aliphatic heterocycles. The van der Waals surface area contributed by atoms with Crippen LogP contribution in [0.3, 0.4) is 0 Å². The Morgan fingerprint density at radius 1 is 1.44 bits per heavy atom. The van der Waals surface area contributed by atoms with E-state index in [1.54, 1.807) is 11.8 Å². The summed E-state index contributed by atoms with van der Waals surface area (Å²) in [7, 11) is 4.15. The Bertz CT molecular complexity index is 366. The van der Waals surface area contributed by atoms with Crippen LogP contribution in [0.25, 0.3) is 0 Å². The van der Waals surface area contributed by atoms with Crippen LogP contribution in [0.1, 0.15) is 24.6 Å². The van der Waals surface area contributed by atoms with E-state index < -0.39 is 0 Å². The fourth-order valence-electron chi connectivity index (χ4n) is 1.34. The van der Waals surface area contributed by atoms with E-state index in [0.717, 1.165) is 23.1 Å². The minimum Gasteiger partial charge on any atom is -0.309 e. The lowest BCUT2D eigenvalue weighted by atomic mass is 10.4. The topological polar surface area (TPSA) is 29.0 Å².